The SMILES string of the molecule is Cl.Nc1ccc2nc(-c3cccc(O)c3)c(-c3cccc(O)c3)nc2c1. The van der Waals surface area contributed by atoms with Crippen LogP contribution in [0.1, 0.15) is 0 Å². The summed E-state index contributed by atoms with van der Waals surface area (Å²) in [7, 11) is 0. The number of fused-ring (bicyclic) bond motifs is 1. The van der Waals surface area contributed by atoms with Gasteiger partial charge in [0.15, 0.2) is 0 Å². The van der Waals surface area contributed by atoms with Crippen LogP contribution in [0, 0.1) is 0 Å². The normalized spacial score (nSPS) is 10.5. The summed E-state index contributed by atoms with van der Waals surface area (Å²) in [4.78, 5) is 9.44. The first-order valence-electron chi connectivity index (χ1n) is 7.76. The standard InChI is InChI=1S/C20H15N3O2.ClH/c21-14-7-8-17-18(11-14)23-20(13-4-2-6-16(25)10-13)19(22-17)12-3-1-5-15(24)9-12;/h1-11,24-25H,21H2;1H. The summed E-state index contributed by atoms with van der Waals surface area (Å²) in [6, 6.07) is 19.1. The summed E-state index contributed by atoms with van der Waals surface area (Å²) < 4.78 is 0. The van der Waals surface area contributed by atoms with Gasteiger partial charge in [0.2, 0.25) is 0 Å². The number of nitrogens with two attached hydrogens (primary N) is 1. The zero-order valence-corrected chi connectivity index (χ0v) is 14.4. The summed E-state index contributed by atoms with van der Waals surface area (Å²) in [5, 5.41) is 19.7. The molecule has 5 nitrogen and oxygen atoms in total. The first kappa shape index (κ1) is 17.5. The molecule has 1 aromatic heterocycles. The number of halogens is 1. The van der Waals surface area contributed by atoms with Crippen molar-refractivity contribution in [3.05, 3.63) is 66.7 Å². The van der Waals surface area contributed by atoms with Crippen LogP contribution in [0.4, 0.5) is 5.69 Å². The fourth-order valence-electron chi connectivity index (χ4n) is 2.78. The molecule has 0 atom stereocenters. The molecule has 0 bridgehead atoms. The monoisotopic (exact) mass is 365 g/mol. The molecule has 0 aliphatic rings. The number of aromatic nitrogens is 2. The van der Waals surface area contributed by atoms with E-state index < -0.39 is 0 Å². The van der Waals surface area contributed by atoms with Gasteiger partial charge in [0.05, 0.1) is 22.4 Å². The second-order valence-corrected chi connectivity index (χ2v) is 5.77. The molecule has 130 valence electrons. The van der Waals surface area contributed by atoms with E-state index in [2.05, 4.69) is 0 Å². The van der Waals surface area contributed by atoms with E-state index in [0.29, 0.717) is 28.1 Å². The fourth-order valence-corrected chi connectivity index (χ4v) is 2.78. The summed E-state index contributed by atoms with van der Waals surface area (Å²) in [5.41, 5.74) is 10.6. The molecule has 6 heteroatoms. The number of phenolic OH excluding ortho intramolecular Hbond substituents is 2. The summed E-state index contributed by atoms with van der Waals surface area (Å²) in [5.74, 6) is 0.299. The Labute approximate surface area is 156 Å². The van der Waals surface area contributed by atoms with Crippen molar-refractivity contribution in [3.63, 3.8) is 0 Å². The Morgan fingerprint density at radius 2 is 1.19 bits per heavy atom. The lowest BCUT2D eigenvalue weighted by molar-refractivity contribution is 0.475. The minimum absolute atomic E-state index is 0. The van der Waals surface area contributed by atoms with E-state index in [1.165, 1.54) is 0 Å². The maximum atomic E-state index is 9.83. The molecule has 0 aliphatic carbocycles. The second-order valence-electron chi connectivity index (χ2n) is 5.77. The van der Waals surface area contributed by atoms with Gasteiger partial charge >= 0.3 is 0 Å². The van der Waals surface area contributed by atoms with Crippen LogP contribution in [0.25, 0.3) is 33.5 Å². The number of hydrogen-bond acceptors (Lipinski definition) is 5. The van der Waals surface area contributed by atoms with Crippen molar-refractivity contribution in [2.24, 2.45) is 0 Å². The number of rotatable bonds is 2. The average molecular weight is 366 g/mol. The van der Waals surface area contributed by atoms with Gasteiger partial charge in [0.1, 0.15) is 11.5 Å². The van der Waals surface area contributed by atoms with Gasteiger partial charge in [-0.3, -0.25) is 0 Å². The van der Waals surface area contributed by atoms with Crippen LogP contribution < -0.4 is 5.73 Å². The van der Waals surface area contributed by atoms with Gasteiger partial charge in [-0.25, -0.2) is 9.97 Å². The summed E-state index contributed by atoms with van der Waals surface area (Å²) in [6.45, 7) is 0. The zero-order chi connectivity index (χ0) is 17.4. The molecule has 4 N–H and O–H groups in total. The maximum Gasteiger partial charge on any atom is 0.116 e. The van der Waals surface area contributed by atoms with Crippen molar-refractivity contribution in [2.45, 2.75) is 0 Å². The molecule has 0 saturated carbocycles. The van der Waals surface area contributed by atoms with Crippen LogP contribution in [0.3, 0.4) is 0 Å². The molecule has 0 radical (unpaired) electrons. The summed E-state index contributed by atoms with van der Waals surface area (Å²) >= 11 is 0. The first-order chi connectivity index (χ1) is 12.1. The molecule has 0 unspecified atom stereocenters. The van der Waals surface area contributed by atoms with E-state index >= 15 is 0 Å². The number of anilines is 1. The number of nitrogens with zero attached hydrogens (tertiary/aromatic N) is 2. The lowest BCUT2D eigenvalue weighted by Crippen LogP contribution is -1.96. The van der Waals surface area contributed by atoms with Crippen molar-refractivity contribution >= 4 is 29.1 Å². The Balaban J connectivity index is 0.00000196. The van der Waals surface area contributed by atoms with Crippen molar-refractivity contribution in [1.29, 1.82) is 0 Å². The van der Waals surface area contributed by atoms with Crippen LogP contribution >= 0.6 is 12.4 Å². The van der Waals surface area contributed by atoms with Gasteiger partial charge in [-0.05, 0) is 42.5 Å². The number of phenols is 2. The quantitative estimate of drug-likeness (QED) is 0.458. The molecular formula is C20H16ClN3O2. The largest absolute Gasteiger partial charge is 0.508 e. The number of nitrogen functional groups attached to an aromatic ring is 1. The lowest BCUT2D eigenvalue weighted by atomic mass is 10.0. The predicted molar refractivity (Wildman–Crippen MR) is 105 cm³/mol. The smallest absolute Gasteiger partial charge is 0.116 e. The molecule has 0 amide bonds. The molecule has 1 heterocycles. The molecule has 4 rings (SSSR count). The van der Waals surface area contributed by atoms with Crippen LogP contribution in [0.15, 0.2) is 66.7 Å². The zero-order valence-electron chi connectivity index (χ0n) is 13.6. The van der Waals surface area contributed by atoms with Crippen molar-refractivity contribution in [2.75, 3.05) is 5.73 Å². The third-order valence-corrected chi connectivity index (χ3v) is 3.93. The molecule has 0 aliphatic heterocycles. The minimum atomic E-state index is 0. The fraction of sp³-hybridized carbons (Fsp3) is 0. The van der Waals surface area contributed by atoms with E-state index in [-0.39, 0.29) is 23.9 Å². The van der Waals surface area contributed by atoms with E-state index in [1.54, 1.807) is 48.5 Å². The number of benzene rings is 3. The van der Waals surface area contributed by atoms with Gasteiger partial charge in [-0.15, -0.1) is 12.4 Å². The van der Waals surface area contributed by atoms with Gasteiger partial charge in [-0.2, -0.15) is 0 Å². The highest BCUT2D eigenvalue weighted by atomic mass is 35.5. The van der Waals surface area contributed by atoms with E-state index in [0.717, 1.165) is 11.1 Å². The molecule has 26 heavy (non-hydrogen) atoms. The van der Waals surface area contributed by atoms with E-state index in [1.807, 2.05) is 18.2 Å². The van der Waals surface area contributed by atoms with Gasteiger partial charge < -0.3 is 15.9 Å². The van der Waals surface area contributed by atoms with Crippen LogP contribution in [-0.4, -0.2) is 20.2 Å². The lowest BCUT2D eigenvalue weighted by Gasteiger charge is -2.11. The number of hydrogen-bond donors (Lipinski definition) is 3. The average Bonchev–Trinajstić information content (AvgIpc) is 2.60. The molecule has 3 aromatic carbocycles. The Morgan fingerprint density at radius 3 is 1.73 bits per heavy atom. The van der Waals surface area contributed by atoms with Crippen LogP contribution in [0.5, 0.6) is 11.5 Å². The predicted octanol–water partition coefficient (Wildman–Crippen LogP) is 4.38. The highest BCUT2D eigenvalue weighted by Gasteiger charge is 2.14. The van der Waals surface area contributed by atoms with Crippen molar-refractivity contribution in [3.8, 4) is 34.0 Å². The van der Waals surface area contributed by atoms with E-state index in [9.17, 15) is 10.2 Å². The van der Waals surface area contributed by atoms with Gasteiger partial charge in [-0.1, -0.05) is 24.3 Å². The Kier molecular flexibility index (Phi) is 4.65. The molecular weight excluding hydrogens is 350 g/mol. The molecule has 0 saturated heterocycles. The molecule has 0 spiro atoms. The first-order valence-corrected chi connectivity index (χ1v) is 7.76. The third-order valence-electron chi connectivity index (χ3n) is 3.93. The Bertz CT molecular complexity index is 1100. The second kappa shape index (κ2) is 6.90. The summed E-state index contributed by atoms with van der Waals surface area (Å²) in [6.07, 6.45) is 0. The Hall–Kier alpha value is -3.31. The van der Waals surface area contributed by atoms with Gasteiger partial charge in [0, 0.05) is 16.8 Å². The van der Waals surface area contributed by atoms with Crippen molar-refractivity contribution < 1.29 is 10.2 Å². The topological polar surface area (TPSA) is 92.3 Å². The van der Waals surface area contributed by atoms with Gasteiger partial charge in [0.25, 0.3) is 0 Å². The third kappa shape index (κ3) is 3.25. The van der Waals surface area contributed by atoms with Crippen LogP contribution in [-0.2, 0) is 0 Å². The number of aromatic hydroxyl groups is 2. The van der Waals surface area contributed by atoms with Crippen LogP contribution in [0.2, 0.25) is 0 Å². The molecule has 4 aromatic rings. The highest BCUT2D eigenvalue weighted by molar-refractivity contribution is 5.88. The minimum Gasteiger partial charge on any atom is -0.508 e. The maximum absolute atomic E-state index is 9.83. The Morgan fingerprint density at radius 1 is 0.654 bits per heavy atom. The molecule has 0 fully saturated rings. The van der Waals surface area contributed by atoms with Crippen molar-refractivity contribution in [1.82, 2.24) is 9.97 Å². The highest BCUT2D eigenvalue weighted by Crippen LogP contribution is 2.33. The van der Waals surface area contributed by atoms with E-state index in [4.69, 9.17) is 15.7 Å².